The van der Waals surface area contributed by atoms with Crippen LogP contribution < -0.4 is 11.2 Å². The Labute approximate surface area is 162 Å². The third kappa shape index (κ3) is 4.11. The molecule has 1 aromatic heterocycles. The van der Waals surface area contributed by atoms with Crippen LogP contribution in [0.15, 0.2) is 23.0 Å². The Hall–Kier alpha value is -2.61. The van der Waals surface area contributed by atoms with Crippen molar-refractivity contribution in [1.29, 1.82) is 0 Å². The number of nitrogens with zero attached hydrogens (tertiary/aromatic N) is 1. The SMILES string of the molecule is Cc1ccc(CCc2[nH]c(=O)n(C(C(=O)NO)C3CCCCC3)c2O)c(F)c1. The van der Waals surface area contributed by atoms with Crippen molar-refractivity contribution >= 4 is 5.91 Å². The lowest BCUT2D eigenvalue weighted by Crippen LogP contribution is -2.39. The quantitative estimate of drug-likeness (QED) is 0.449. The second-order valence-corrected chi connectivity index (χ2v) is 7.52. The van der Waals surface area contributed by atoms with Gasteiger partial charge in [0.05, 0.1) is 5.69 Å². The number of hydrogen-bond donors (Lipinski definition) is 4. The Morgan fingerprint density at radius 1 is 1.32 bits per heavy atom. The fourth-order valence-electron chi connectivity index (χ4n) is 4.09. The van der Waals surface area contributed by atoms with E-state index in [1.54, 1.807) is 24.5 Å². The molecule has 3 rings (SSSR count). The van der Waals surface area contributed by atoms with Crippen LogP contribution in [0, 0.1) is 18.7 Å². The molecule has 1 aliphatic carbocycles. The van der Waals surface area contributed by atoms with Crippen LogP contribution in [0.25, 0.3) is 0 Å². The van der Waals surface area contributed by atoms with Gasteiger partial charge in [-0.3, -0.25) is 14.6 Å². The van der Waals surface area contributed by atoms with Crippen molar-refractivity contribution in [3.63, 3.8) is 0 Å². The first-order chi connectivity index (χ1) is 13.4. The van der Waals surface area contributed by atoms with E-state index in [1.165, 1.54) is 6.07 Å². The maximum atomic E-state index is 14.0. The van der Waals surface area contributed by atoms with Crippen molar-refractivity contribution < 1.29 is 19.5 Å². The van der Waals surface area contributed by atoms with E-state index in [4.69, 9.17) is 5.21 Å². The number of carbonyl (C=O) groups is 1. The molecule has 1 aromatic carbocycles. The van der Waals surface area contributed by atoms with E-state index in [9.17, 15) is 19.1 Å². The molecular weight excluding hydrogens is 365 g/mol. The van der Waals surface area contributed by atoms with E-state index >= 15 is 0 Å². The third-order valence-corrected chi connectivity index (χ3v) is 5.58. The number of hydroxylamine groups is 1. The molecule has 7 nitrogen and oxygen atoms in total. The molecular formula is C20H26FN3O4. The number of carbonyl (C=O) groups excluding carboxylic acids is 1. The lowest BCUT2D eigenvalue weighted by molar-refractivity contribution is -0.135. The van der Waals surface area contributed by atoms with Gasteiger partial charge in [-0.25, -0.2) is 14.7 Å². The molecule has 0 saturated heterocycles. The first-order valence-corrected chi connectivity index (χ1v) is 9.63. The predicted molar refractivity (Wildman–Crippen MR) is 101 cm³/mol. The number of aromatic hydroxyl groups is 1. The topological polar surface area (TPSA) is 107 Å². The van der Waals surface area contributed by atoms with Crippen LogP contribution in [0.4, 0.5) is 4.39 Å². The smallest absolute Gasteiger partial charge is 0.329 e. The summed E-state index contributed by atoms with van der Waals surface area (Å²) < 4.78 is 15.1. The Kier molecular flexibility index (Phi) is 6.18. The van der Waals surface area contributed by atoms with Crippen molar-refractivity contribution in [2.24, 2.45) is 5.92 Å². The highest BCUT2D eigenvalue weighted by molar-refractivity contribution is 5.79. The number of aryl methyl sites for hydroxylation is 3. The molecule has 1 amide bonds. The number of aromatic amines is 1. The molecule has 0 spiro atoms. The molecule has 1 aliphatic rings. The van der Waals surface area contributed by atoms with Gasteiger partial charge in [0.2, 0.25) is 5.88 Å². The van der Waals surface area contributed by atoms with Crippen molar-refractivity contribution in [2.45, 2.75) is 57.9 Å². The second kappa shape index (κ2) is 8.60. The molecule has 0 aliphatic heterocycles. The Bertz CT molecular complexity index is 899. The fourth-order valence-corrected chi connectivity index (χ4v) is 4.09. The van der Waals surface area contributed by atoms with Gasteiger partial charge in [0, 0.05) is 0 Å². The number of rotatable bonds is 6. The summed E-state index contributed by atoms with van der Waals surface area (Å²) in [5.41, 5.74) is 2.55. The fraction of sp³-hybridized carbons (Fsp3) is 0.500. The standard InChI is InChI=1S/C20H26FN3O4/c1-12-7-8-13(15(21)11-12)9-10-16-19(26)24(20(27)22-16)17(18(25)23-28)14-5-3-2-4-6-14/h7-8,11,14,17,26,28H,2-6,9-10H2,1H3,(H,22,27)(H,23,25). The molecule has 0 bridgehead atoms. The highest BCUT2D eigenvalue weighted by Gasteiger charge is 2.34. The lowest BCUT2D eigenvalue weighted by atomic mass is 9.83. The van der Waals surface area contributed by atoms with E-state index in [1.807, 2.05) is 0 Å². The van der Waals surface area contributed by atoms with Gasteiger partial charge in [0.1, 0.15) is 11.9 Å². The molecule has 0 radical (unpaired) electrons. The molecule has 152 valence electrons. The summed E-state index contributed by atoms with van der Waals surface area (Å²) in [5, 5.41) is 19.8. The maximum Gasteiger partial charge on any atom is 0.329 e. The summed E-state index contributed by atoms with van der Waals surface area (Å²) in [7, 11) is 0. The highest BCUT2D eigenvalue weighted by Crippen LogP contribution is 2.35. The van der Waals surface area contributed by atoms with Gasteiger partial charge in [-0.2, -0.15) is 0 Å². The first-order valence-electron chi connectivity index (χ1n) is 9.63. The molecule has 28 heavy (non-hydrogen) atoms. The molecule has 1 unspecified atom stereocenters. The summed E-state index contributed by atoms with van der Waals surface area (Å²) >= 11 is 0. The average molecular weight is 391 g/mol. The van der Waals surface area contributed by atoms with Gasteiger partial charge in [-0.1, -0.05) is 31.4 Å². The second-order valence-electron chi connectivity index (χ2n) is 7.52. The number of aromatic nitrogens is 2. The molecule has 1 fully saturated rings. The Morgan fingerprint density at radius 3 is 2.68 bits per heavy atom. The van der Waals surface area contributed by atoms with Crippen molar-refractivity contribution in [3.05, 3.63) is 51.3 Å². The minimum absolute atomic E-state index is 0.150. The van der Waals surface area contributed by atoms with E-state index in [2.05, 4.69) is 4.98 Å². The number of benzene rings is 1. The zero-order valence-corrected chi connectivity index (χ0v) is 15.9. The zero-order chi connectivity index (χ0) is 20.3. The van der Waals surface area contributed by atoms with Crippen LogP contribution >= 0.6 is 0 Å². The normalized spacial score (nSPS) is 16.1. The van der Waals surface area contributed by atoms with Crippen molar-refractivity contribution in [3.8, 4) is 5.88 Å². The number of amides is 1. The summed E-state index contributed by atoms with van der Waals surface area (Å²) in [6, 6.07) is 3.94. The molecule has 1 saturated carbocycles. The summed E-state index contributed by atoms with van der Waals surface area (Å²) in [5.74, 6) is -1.54. The van der Waals surface area contributed by atoms with Crippen molar-refractivity contribution in [1.82, 2.24) is 15.0 Å². The minimum atomic E-state index is -0.987. The molecule has 2 aromatic rings. The highest BCUT2D eigenvalue weighted by atomic mass is 19.1. The van der Waals surface area contributed by atoms with E-state index < -0.39 is 17.6 Å². The van der Waals surface area contributed by atoms with Gasteiger partial charge < -0.3 is 10.1 Å². The maximum absolute atomic E-state index is 14.0. The average Bonchev–Trinajstić information content (AvgIpc) is 2.96. The van der Waals surface area contributed by atoms with Crippen molar-refractivity contribution in [2.75, 3.05) is 0 Å². The summed E-state index contributed by atoms with van der Waals surface area (Å²) in [6.07, 6.45) is 4.90. The number of nitrogens with one attached hydrogen (secondary N) is 2. The van der Waals surface area contributed by atoms with Crippen LogP contribution in [0.5, 0.6) is 5.88 Å². The monoisotopic (exact) mass is 391 g/mol. The number of imidazole rings is 1. The van der Waals surface area contributed by atoms with Gasteiger partial charge in [0.15, 0.2) is 0 Å². The van der Waals surface area contributed by atoms with Gasteiger partial charge in [-0.05, 0) is 55.7 Å². The lowest BCUT2D eigenvalue weighted by Gasteiger charge is -2.29. The number of halogens is 1. The molecule has 1 heterocycles. The van der Waals surface area contributed by atoms with Gasteiger partial charge in [0.25, 0.3) is 5.91 Å². The van der Waals surface area contributed by atoms with Gasteiger partial charge in [-0.15, -0.1) is 0 Å². The zero-order valence-electron chi connectivity index (χ0n) is 15.9. The van der Waals surface area contributed by atoms with E-state index in [-0.39, 0.29) is 29.7 Å². The number of hydrogen-bond acceptors (Lipinski definition) is 4. The summed E-state index contributed by atoms with van der Waals surface area (Å²) in [6.45, 7) is 1.80. The third-order valence-electron chi connectivity index (χ3n) is 5.58. The minimum Gasteiger partial charge on any atom is -0.493 e. The van der Waals surface area contributed by atoms with Crippen LogP contribution in [0.3, 0.4) is 0 Å². The van der Waals surface area contributed by atoms with Crippen LogP contribution in [0.2, 0.25) is 0 Å². The van der Waals surface area contributed by atoms with E-state index in [0.29, 0.717) is 12.0 Å². The molecule has 1 atom stereocenters. The number of H-pyrrole nitrogens is 1. The van der Waals surface area contributed by atoms with Crippen LogP contribution in [0.1, 0.15) is 55.0 Å². The molecule has 4 N–H and O–H groups in total. The van der Waals surface area contributed by atoms with Crippen LogP contribution in [-0.4, -0.2) is 25.8 Å². The van der Waals surface area contributed by atoms with Crippen LogP contribution in [-0.2, 0) is 17.6 Å². The largest absolute Gasteiger partial charge is 0.493 e. The Morgan fingerprint density at radius 2 is 2.04 bits per heavy atom. The van der Waals surface area contributed by atoms with E-state index in [0.717, 1.165) is 42.2 Å². The predicted octanol–water partition coefficient (Wildman–Crippen LogP) is 2.74. The first kappa shape index (κ1) is 20.1. The van der Waals surface area contributed by atoms with Gasteiger partial charge >= 0.3 is 5.69 Å². The Balaban J connectivity index is 1.86. The summed E-state index contributed by atoms with van der Waals surface area (Å²) in [4.78, 5) is 27.4. The molecule has 8 heteroatoms.